The summed E-state index contributed by atoms with van der Waals surface area (Å²) in [4.78, 5) is 11.2. The van der Waals surface area contributed by atoms with E-state index in [2.05, 4.69) is 0 Å². The molecule has 0 saturated carbocycles. The van der Waals surface area contributed by atoms with E-state index in [1.165, 1.54) is 6.07 Å². The van der Waals surface area contributed by atoms with Crippen LogP contribution < -0.4 is 10.4 Å². The van der Waals surface area contributed by atoms with Crippen LogP contribution in [0.15, 0.2) is 69.9 Å². The summed E-state index contributed by atoms with van der Waals surface area (Å²) in [5, 5.41) is 0.879. The third-order valence-corrected chi connectivity index (χ3v) is 3.18. The summed E-state index contributed by atoms with van der Waals surface area (Å²) in [7, 11) is 0. The highest BCUT2D eigenvalue weighted by Gasteiger charge is 2.07. The Morgan fingerprint density at radius 1 is 1.00 bits per heavy atom. The van der Waals surface area contributed by atoms with Crippen LogP contribution in [0.2, 0.25) is 0 Å². The van der Waals surface area contributed by atoms with Gasteiger partial charge in [-0.2, -0.15) is 0 Å². The lowest BCUT2D eigenvalue weighted by Crippen LogP contribution is -2.03. The number of hydrogen-bond acceptors (Lipinski definition) is 3. The van der Waals surface area contributed by atoms with Gasteiger partial charge in [-0.25, -0.2) is 4.79 Å². The molecule has 0 unspecified atom stereocenters. The Bertz CT molecular complexity index is 775. The molecule has 0 aliphatic rings. The monoisotopic (exact) mass is 266 g/mol. The molecule has 0 aliphatic heterocycles. The second kappa shape index (κ2) is 5.21. The van der Waals surface area contributed by atoms with Crippen molar-refractivity contribution in [3.8, 4) is 5.75 Å². The van der Waals surface area contributed by atoms with Gasteiger partial charge in [0.05, 0.1) is 0 Å². The Hall–Kier alpha value is -2.55. The zero-order valence-corrected chi connectivity index (χ0v) is 11.1. The van der Waals surface area contributed by atoms with Crippen LogP contribution in [0, 0.1) is 0 Å². The van der Waals surface area contributed by atoms with Gasteiger partial charge >= 0.3 is 5.63 Å². The third-order valence-electron chi connectivity index (χ3n) is 3.18. The predicted molar refractivity (Wildman–Crippen MR) is 78.0 cm³/mol. The van der Waals surface area contributed by atoms with E-state index in [9.17, 15) is 4.79 Å². The van der Waals surface area contributed by atoms with E-state index >= 15 is 0 Å². The van der Waals surface area contributed by atoms with Crippen molar-refractivity contribution in [1.29, 1.82) is 0 Å². The van der Waals surface area contributed by atoms with Crippen molar-refractivity contribution < 1.29 is 9.15 Å². The topological polar surface area (TPSA) is 39.4 Å². The van der Waals surface area contributed by atoms with Crippen LogP contribution >= 0.6 is 0 Å². The van der Waals surface area contributed by atoms with Gasteiger partial charge in [-0.3, -0.25) is 0 Å². The first kappa shape index (κ1) is 12.5. The van der Waals surface area contributed by atoms with E-state index in [4.69, 9.17) is 9.15 Å². The van der Waals surface area contributed by atoms with Crippen LogP contribution in [-0.4, -0.2) is 0 Å². The summed E-state index contributed by atoms with van der Waals surface area (Å²) < 4.78 is 11.0. The largest absolute Gasteiger partial charge is 0.486 e. The molecular weight excluding hydrogens is 252 g/mol. The minimum atomic E-state index is -0.356. The molecule has 3 aromatic rings. The zero-order chi connectivity index (χ0) is 13.9. The van der Waals surface area contributed by atoms with Crippen LogP contribution in [-0.2, 0) is 0 Å². The number of rotatable bonds is 3. The van der Waals surface area contributed by atoms with Gasteiger partial charge in [0.15, 0.2) is 0 Å². The van der Waals surface area contributed by atoms with Crippen molar-refractivity contribution in [3.63, 3.8) is 0 Å². The lowest BCUT2D eigenvalue weighted by atomic mass is 10.1. The van der Waals surface area contributed by atoms with Gasteiger partial charge in [0.2, 0.25) is 0 Å². The minimum Gasteiger partial charge on any atom is -0.486 e. The van der Waals surface area contributed by atoms with E-state index in [1.807, 2.05) is 49.4 Å². The van der Waals surface area contributed by atoms with Crippen LogP contribution in [0.1, 0.15) is 18.6 Å². The molecule has 2 aromatic carbocycles. The highest BCUT2D eigenvalue weighted by molar-refractivity contribution is 5.77. The average molecular weight is 266 g/mol. The van der Waals surface area contributed by atoms with Crippen molar-refractivity contribution >= 4 is 11.0 Å². The molecule has 0 aliphatic carbocycles. The number of hydrogen-bond donors (Lipinski definition) is 0. The molecule has 20 heavy (non-hydrogen) atoms. The molecule has 3 nitrogen and oxygen atoms in total. The van der Waals surface area contributed by atoms with Crippen molar-refractivity contribution in [2.75, 3.05) is 0 Å². The van der Waals surface area contributed by atoms with Crippen molar-refractivity contribution in [1.82, 2.24) is 0 Å². The molecule has 3 rings (SSSR count). The molecule has 0 fully saturated rings. The molecule has 0 spiro atoms. The molecule has 100 valence electrons. The Balaban J connectivity index is 1.89. The summed E-state index contributed by atoms with van der Waals surface area (Å²) >= 11 is 0. The number of ether oxygens (including phenoxy) is 1. The molecule has 0 N–H and O–H groups in total. The highest BCUT2D eigenvalue weighted by atomic mass is 16.5. The quantitative estimate of drug-likeness (QED) is 0.674. The summed E-state index contributed by atoms with van der Waals surface area (Å²) in [6.45, 7) is 1.99. The first-order chi connectivity index (χ1) is 9.72. The minimum absolute atomic E-state index is 0.0657. The van der Waals surface area contributed by atoms with Crippen LogP contribution in [0.25, 0.3) is 11.0 Å². The van der Waals surface area contributed by atoms with E-state index in [0.29, 0.717) is 11.3 Å². The van der Waals surface area contributed by atoms with Crippen LogP contribution in [0.4, 0.5) is 0 Å². The van der Waals surface area contributed by atoms with E-state index in [-0.39, 0.29) is 11.7 Å². The highest BCUT2D eigenvalue weighted by Crippen LogP contribution is 2.24. The maximum Gasteiger partial charge on any atom is 0.336 e. The van der Waals surface area contributed by atoms with Crippen LogP contribution in [0.5, 0.6) is 5.75 Å². The van der Waals surface area contributed by atoms with Gasteiger partial charge in [-0.15, -0.1) is 0 Å². The van der Waals surface area contributed by atoms with Gasteiger partial charge in [0.25, 0.3) is 0 Å². The van der Waals surface area contributed by atoms with E-state index < -0.39 is 0 Å². The van der Waals surface area contributed by atoms with Gasteiger partial charge in [-0.1, -0.05) is 30.3 Å². The molecular formula is C17H14O3. The maximum atomic E-state index is 11.2. The van der Waals surface area contributed by atoms with Crippen LogP contribution in [0.3, 0.4) is 0 Å². The molecule has 0 saturated heterocycles. The Kier molecular flexibility index (Phi) is 3.25. The van der Waals surface area contributed by atoms with Crippen molar-refractivity contribution in [2.45, 2.75) is 13.0 Å². The van der Waals surface area contributed by atoms with Gasteiger partial charge in [-0.05, 0) is 30.7 Å². The first-order valence-electron chi connectivity index (χ1n) is 6.48. The fraction of sp³-hybridized carbons (Fsp3) is 0.118. The zero-order valence-electron chi connectivity index (χ0n) is 11.1. The number of benzene rings is 2. The fourth-order valence-corrected chi connectivity index (χ4v) is 2.11. The van der Waals surface area contributed by atoms with Gasteiger partial charge in [0.1, 0.15) is 17.4 Å². The molecule has 0 bridgehead atoms. The molecule has 1 aromatic heterocycles. The third kappa shape index (κ3) is 2.57. The molecule has 0 amide bonds. The Morgan fingerprint density at radius 2 is 1.75 bits per heavy atom. The lowest BCUT2D eigenvalue weighted by molar-refractivity contribution is 0.227. The SMILES string of the molecule is C[C@@H](Oc1ccc2ccc(=O)oc2c1)c1ccccc1. The maximum absolute atomic E-state index is 11.2. The molecule has 3 heteroatoms. The van der Waals surface area contributed by atoms with Gasteiger partial charge in [0, 0.05) is 17.5 Å². The second-order valence-electron chi connectivity index (χ2n) is 4.62. The van der Waals surface area contributed by atoms with Crippen molar-refractivity contribution in [2.24, 2.45) is 0 Å². The summed E-state index contributed by atoms with van der Waals surface area (Å²) in [6, 6.07) is 18.6. The van der Waals surface area contributed by atoms with E-state index in [0.717, 1.165) is 10.9 Å². The normalized spacial score (nSPS) is 12.2. The van der Waals surface area contributed by atoms with E-state index in [1.54, 1.807) is 12.1 Å². The second-order valence-corrected chi connectivity index (χ2v) is 4.62. The number of fused-ring (bicyclic) bond motifs is 1. The summed E-state index contributed by atoms with van der Waals surface area (Å²) in [5.41, 5.74) is 1.28. The Morgan fingerprint density at radius 3 is 2.55 bits per heavy atom. The van der Waals surface area contributed by atoms with Crippen molar-refractivity contribution in [3.05, 3.63) is 76.6 Å². The smallest absolute Gasteiger partial charge is 0.336 e. The standard InChI is InChI=1S/C17H14O3/c1-12(13-5-3-2-4-6-13)19-15-9-7-14-8-10-17(18)20-16(14)11-15/h2-12H,1H3/t12-/m1/s1. The fourth-order valence-electron chi connectivity index (χ4n) is 2.11. The first-order valence-corrected chi connectivity index (χ1v) is 6.48. The summed E-state index contributed by atoms with van der Waals surface area (Å²) in [6.07, 6.45) is -0.0657. The van der Waals surface area contributed by atoms with Gasteiger partial charge < -0.3 is 9.15 Å². The molecule has 1 heterocycles. The Labute approximate surface area is 116 Å². The lowest BCUT2D eigenvalue weighted by Gasteiger charge is -2.15. The summed E-state index contributed by atoms with van der Waals surface area (Å²) in [5.74, 6) is 0.684. The average Bonchev–Trinajstić information content (AvgIpc) is 2.47. The predicted octanol–water partition coefficient (Wildman–Crippen LogP) is 3.93. The molecule has 0 radical (unpaired) electrons. The molecule has 1 atom stereocenters.